The molecule has 0 radical (unpaired) electrons. The Balaban J connectivity index is 2.50. The Morgan fingerprint density at radius 1 is 1.42 bits per heavy atom. The topological polar surface area (TPSA) is 74.7 Å². The molecule has 1 heterocycles. The van der Waals surface area contributed by atoms with Crippen LogP contribution in [0.15, 0.2) is 5.16 Å². The molecule has 0 aliphatic carbocycles. The molecular weight excluding hydrogens is 260 g/mol. The number of aliphatic hydroxyl groups is 1. The lowest BCUT2D eigenvalue weighted by Gasteiger charge is -2.14. The molecule has 0 fully saturated rings. The molecule has 0 bridgehead atoms. The van der Waals surface area contributed by atoms with E-state index in [9.17, 15) is 5.11 Å². The summed E-state index contributed by atoms with van der Waals surface area (Å²) in [5.41, 5.74) is -0.256. The van der Waals surface area contributed by atoms with Gasteiger partial charge in [0.25, 0.3) is 0 Å². The largest absolute Gasteiger partial charge is 0.388 e. The summed E-state index contributed by atoms with van der Waals surface area (Å²) >= 11 is 1.64. The summed E-state index contributed by atoms with van der Waals surface area (Å²) in [6, 6.07) is 2.31. The first-order valence-corrected chi connectivity index (χ1v) is 7.59. The molecule has 1 aromatic heterocycles. The summed E-state index contributed by atoms with van der Waals surface area (Å²) in [5, 5.41) is 27.1. The highest BCUT2D eigenvalue weighted by Gasteiger charge is 2.16. The van der Waals surface area contributed by atoms with Crippen molar-refractivity contribution in [1.82, 2.24) is 14.8 Å². The Labute approximate surface area is 119 Å². The van der Waals surface area contributed by atoms with Gasteiger partial charge in [-0.15, -0.1) is 10.2 Å². The van der Waals surface area contributed by atoms with Gasteiger partial charge >= 0.3 is 0 Å². The van der Waals surface area contributed by atoms with E-state index in [4.69, 9.17) is 5.26 Å². The molecule has 1 N–H and O–H groups in total. The lowest BCUT2D eigenvalue weighted by atomic mass is 9.90. The predicted octanol–water partition coefficient (Wildman–Crippen LogP) is 2.60. The zero-order valence-electron chi connectivity index (χ0n) is 11.9. The van der Waals surface area contributed by atoms with Crippen LogP contribution in [0.2, 0.25) is 0 Å². The molecule has 0 saturated heterocycles. The first kappa shape index (κ1) is 16.0. The number of rotatable bonds is 8. The van der Waals surface area contributed by atoms with E-state index in [1.807, 2.05) is 18.4 Å². The lowest BCUT2D eigenvalue weighted by Crippen LogP contribution is -2.08. The molecule has 6 heteroatoms. The zero-order valence-corrected chi connectivity index (χ0v) is 12.7. The highest BCUT2D eigenvalue weighted by molar-refractivity contribution is 7.99. The number of hydrogen-bond acceptors (Lipinski definition) is 5. The maximum atomic E-state index is 9.20. The van der Waals surface area contributed by atoms with Crippen LogP contribution in [0.4, 0.5) is 0 Å². The second-order valence-corrected chi connectivity index (χ2v) is 6.22. The monoisotopic (exact) mass is 282 g/mol. The van der Waals surface area contributed by atoms with Crippen molar-refractivity contribution >= 4 is 11.8 Å². The van der Waals surface area contributed by atoms with Gasteiger partial charge in [0.15, 0.2) is 11.0 Å². The average molecular weight is 282 g/mol. The molecule has 0 atom stereocenters. The SMILES string of the molecule is CCCn1c(CO)nnc1SCCCC(C)(C)C#N. The summed E-state index contributed by atoms with van der Waals surface area (Å²) in [5.74, 6) is 1.54. The molecule has 0 aliphatic heterocycles. The third-order valence-corrected chi connectivity index (χ3v) is 3.92. The number of nitrogens with zero attached hydrogens (tertiary/aromatic N) is 4. The number of thioether (sulfide) groups is 1. The van der Waals surface area contributed by atoms with Gasteiger partial charge in [-0.25, -0.2) is 0 Å². The Morgan fingerprint density at radius 3 is 2.74 bits per heavy atom. The summed E-state index contributed by atoms with van der Waals surface area (Å²) in [4.78, 5) is 0. The van der Waals surface area contributed by atoms with Crippen molar-refractivity contribution in [1.29, 1.82) is 5.26 Å². The normalized spacial score (nSPS) is 11.5. The minimum absolute atomic E-state index is 0.0744. The fraction of sp³-hybridized carbons (Fsp3) is 0.769. The van der Waals surface area contributed by atoms with Crippen LogP contribution in [0.25, 0.3) is 0 Å². The van der Waals surface area contributed by atoms with Crippen molar-refractivity contribution in [2.75, 3.05) is 5.75 Å². The van der Waals surface area contributed by atoms with Crippen LogP contribution in [0.1, 0.15) is 45.9 Å². The van der Waals surface area contributed by atoms with Crippen LogP contribution in [0.5, 0.6) is 0 Å². The van der Waals surface area contributed by atoms with Gasteiger partial charge in [0.05, 0.1) is 11.5 Å². The average Bonchev–Trinajstić information content (AvgIpc) is 2.78. The van der Waals surface area contributed by atoms with E-state index < -0.39 is 0 Å². The van der Waals surface area contributed by atoms with Crippen LogP contribution in [-0.2, 0) is 13.2 Å². The summed E-state index contributed by atoms with van der Waals surface area (Å²) in [7, 11) is 0. The zero-order chi connectivity index (χ0) is 14.3. The summed E-state index contributed by atoms with van der Waals surface area (Å²) in [6.45, 7) is 6.76. The van der Waals surface area contributed by atoms with Gasteiger partial charge in [0.2, 0.25) is 0 Å². The number of aliphatic hydroxyl groups excluding tert-OH is 1. The second-order valence-electron chi connectivity index (χ2n) is 5.16. The van der Waals surface area contributed by atoms with Gasteiger partial charge in [0.1, 0.15) is 6.61 Å². The predicted molar refractivity (Wildman–Crippen MR) is 75.6 cm³/mol. The van der Waals surface area contributed by atoms with Crippen LogP contribution in [0.3, 0.4) is 0 Å². The maximum Gasteiger partial charge on any atom is 0.191 e. The first-order chi connectivity index (χ1) is 9.04. The Morgan fingerprint density at radius 2 is 2.16 bits per heavy atom. The molecule has 5 nitrogen and oxygen atoms in total. The minimum atomic E-state index is -0.256. The fourth-order valence-corrected chi connectivity index (χ4v) is 2.65. The maximum absolute atomic E-state index is 9.20. The summed E-state index contributed by atoms with van der Waals surface area (Å²) in [6.07, 6.45) is 2.84. The highest BCUT2D eigenvalue weighted by Crippen LogP contribution is 2.24. The number of aromatic nitrogens is 3. The van der Waals surface area contributed by atoms with Crippen LogP contribution < -0.4 is 0 Å². The van der Waals surface area contributed by atoms with Gasteiger partial charge in [-0.05, 0) is 33.1 Å². The van der Waals surface area contributed by atoms with Gasteiger partial charge < -0.3 is 9.67 Å². The number of nitriles is 1. The minimum Gasteiger partial charge on any atom is -0.388 e. The van der Waals surface area contributed by atoms with E-state index >= 15 is 0 Å². The molecule has 0 saturated carbocycles. The Kier molecular flexibility index (Phi) is 6.32. The van der Waals surface area contributed by atoms with E-state index in [1.165, 1.54) is 0 Å². The van der Waals surface area contributed by atoms with E-state index in [2.05, 4.69) is 23.2 Å². The van der Waals surface area contributed by atoms with E-state index in [0.717, 1.165) is 36.7 Å². The molecule has 0 aliphatic rings. The standard InChI is InChI=1S/C13H22N4OS/c1-4-7-17-11(9-18)15-16-12(17)19-8-5-6-13(2,3)10-14/h18H,4-9H2,1-3H3. The second kappa shape index (κ2) is 7.51. The van der Waals surface area contributed by atoms with Gasteiger partial charge in [-0.1, -0.05) is 18.7 Å². The van der Waals surface area contributed by atoms with Crippen molar-refractivity contribution in [3.63, 3.8) is 0 Å². The molecule has 106 valence electrons. The first-order valence-electron chi connectivity index (χ1n) is 6.61. The molecule has 0 unspecified atom stereocenters. The fourth-order valence-electron chi connectivity index (χ4n) is 1.72. The van der Waals surface area contributed by atoms with Crippen molar-refractivity contribution < 1.29 is 5.11 Å². The summed E-state index contributed by atoms with van der Waals surface area (Å²) < 4.78 is 1.97. The third kappa shape index (κ3) is 4.84. The Hall–Kier alpha value is -1.06. The van der Waals surface area contributed by atoms with Gasteiger partial charge in [0, 0.05) is 12.3 Å². The van der Waals surface area contributed by atoms with Crippen molar-refractivity contribution in [3.05, 3.63) is 5.82 Å². The number of hydrogen-bond donors (Lipinski definition) is 1. The van der Waals surface area contributed by atoms with E-state index in [0.29, 0.717) is 5.82 Å². The van der Waals surface area contributed by atoms with Crippen LogP contribution in [-0.4, -0.2) is 25.6 Å². The van der Waals surface area contributed by atoms with Gasteiger partial charge in [-0.2, -0.15) is 5.26 Å². The van der Waals surface area contributed by atoms with Crippen LogP contribution in [0, 0.1) is 16.7 Å². The molecule has 0 amide bonds. The molecule has 19 heavy (non-hydrogen) atoms. The molecule has 1 rings (SSSR count). The highest BCUT2D eigenvalue weighted by atomic mass is 32.2. The van der Waals surface area contributed by atoms with E-state index in [1.54, 1.807) is 11.8 Å². The smallest absolute Gasteiger partial charge is 0.191 e. The third-order valence-electron chi connectivity index (χ3n) is 2.86. The molecule has 0 aromatic carbocycles. The molecular formula is C13H22N4OS. The van der Waals surface area contributed by atoms with Crippen molar-refractivity contribution in [2.45, 2.75) is 58.3 Å². The molecule has 0 spiro atoms. The van der Waals surface area contributed by atoms with Crippen LogP contribution >= 0.6 is 11.8 Å². The van der Waals surface area contributed by atoms with E-state index in [-0.39, 0.29) is 12.0 Å². The lowest BCUT2D eigenvalue weighted by molar-refractivity contribution is 0.263. The van der Waals surface area contributed by atoms with Crippen molar-refractivity contribution in [3.8, 4) is 6.07 Å². The Bertz CT molecular complexity index is 436. The molecule has 1 aromatic rings. The van der Waals surface area contributed by atoms with Crippen molar-refractivity contribution in [2.24, 2.45) is 5.41 Å². The quantitative estimate of drug-likeness (QED) is 0.586. The van der Waals surface area contributed by atoms with Gasteiger partial charge in [-0.3, -0.25) is 0 Å².